The highest BCUT2D eigenvalue weighted by atomic mass is 32.2. The van der Waals surface area contributed by atoms with Crippen molar-refractivity contribution in [2.45, 2.75) is 4.90 Å². The summed E-state index contributed by atoms with van der Waals surface area (Å²) in [6.45, 7) is 7.41. The monoisotopic (exact) mass is 375 g/mol. The van der Waals surface area contributed by atoms with Crippen molar-refractivity contribution < 1.29 is 8.42 Å². The fourth-order valence-corrected chi connectivity index (χ4v) is 3.91. The number of benzene rings is 1. The van der Waals surface area contributed by atoms with Gasteiger partial charge in [0, 0.05) is 33.4 Å². The summed E-state index contributed by atoms with van der Waals surface area (Å²) in [4.78, 5) is 24.3. The van der Waals surface area contributed by atoms with Crippen LogP contribution in [0.3, 0.4) is 0 Å². The summed E-state index contributed by atoms with van der Waals surface area (Å²) in [5.74, 6) is 0. The van der Waals surface area contributed by atoms with Crippen LogP contribution in [0.15, 0.2) is 70.2 Å². The number of nitrogens with zero attached hydrogens (tertiary/aromatic N) is 3. The first-order valence-electron chi connectivity index (χ1n) is 7.81. The van der Waals surface area contributed by atoms with Crippen LogP contribution in [-0.2, 0) is 24.1 Å². The van der Waals surface area contributed by atoms with E-state index in [9.17, 15) is 18.0 Å². The molecule has 0 bridgehead atoms. The molecule has 2 rings (SSSR count). The van der Waals surface area contributed by atoms with Crippen LogP contribution in [-0.4, -0.2) is 34.9 Å². The van der Waals surface area contributed by atoms with Crippen molar-refractivity contribution in [2.75, 3.05) is 13.1 Å². The van der Waals surface area contributed by atoms with Gasteiger partial charge in [0.25, 0.3) is 5.56 Å². The zero-order valence-corrected chi connectivity index (χ0v) is 15.6. The molecule has 2 aromatic rings. The predicted molar refractivity (Wildman–Crippen MR) is 101 cm³/mol. The maximum Gasteiger partial charge on any atom is 0.330 e. The summed E-state index contributed by atoms with van der Waals surface area (Å²) in [6, 6.07) is 8.00. The van der Waals surface area contributed by atoms with Gasteiger partial charge in [-0.2, -0.15) is 4.31 Å². The fraction of sp³-hybridized carbons (Fsp3) is 0.222. The molecule has 0 N–H and O–H groups in total. The highest BCUT2D eigenvalue weighted by molar-refractivity contribution is 7.89. The maximum atomic E-state index is 12.9. The van der Waals surface area contributed by atoms with E-state index in [1.807, 2.05) is 0 Å². The van der Waals surface area contributed by atoms with Crippen LogP contribution in [0.2, 0.25) is 0 Å². The average Bonchev–Trinajstić information content (AvgIpc) is 2.63. The molecular formula is C18H21N3O4S. The van der Waals surface area contributed by atoms with Gasteiger partial charge in [0.05, 0.1) is 10.5 Å². The molecule has 1 heterocycles. The second kappa shape index (κ2) is 7.67. The van der Waals surface area contributed by atoms with Crippen LogP contribution < -0.4 is 11.2 Å². The van der Waals surface area contributed by atoms with Gasteiger partial charge < -0.3 is 4.57 Å². The largest absolute Gasteiger partial charge is 0.330 e. The first kappa shape index (κ1) is 19.6. The number of aromatic nitrogens is 2. The van der Waals surface area contributed by atoms with Gasteiger partial charge in [0.15, 0.2) is 0 Å². The topological polar surface area (TPSA) is 81.4 Å². The average molecular weight is 375 g/mol. The van der Waals surface area contributed by atoms with E-state index < -0.39 is 21.3 Å². The molecule has 8 heteroatoms. The third kappa shape index (κ3) is 3.76. The summed E-state index contributed by atoms with van der Waals surface area (Å²) < 4.78 is 29.1. The van der Waals surface area contributed by atoms with Gasteiger partial charge in [0.2, 0.25) is 10.0 Å². The van der Waals surface area contributed by atoms with Crippen molar-refractivity contribution in [3.8, 4) is 0 Å². The Balaban J connectivity index is 2.43. The Bertz CT molecular complexity index is 1050. The molecule has 0 saturated carbocycles. The number of rotatable bonds is 7. The van der Waals surface area contributed by atoms with Gasteiger partial charge in [-0.25, -0.2) is 13.2 Å². The Hall–Kier alpha value is -2.71. The Morgan fingerprint density at radius 1 is 1.19 bits per heavy atom. The number of aryl methyl sites for hydroxylation is 1. The Kier molecular flexibility index (Phi) is 5.79. The highest BCUT2D eigenvalue weighted by Gasteiger charge is 2.25. The normalized spacial score (nSPS) is 11.5. The zero-order chi connectivity index (χ0) is 19.5. The van der Waals surface area contributed by atoms with E-state index >= 15 is 0 Å². The van der Waals surface area contributed by atoms with Crippen LogP contribution in [0, 0.1) is 0 Å². The lowest BCUT2D eigenvalue weighted by atomic mass is 10.1. The van der Waals surface area contributed by atoms with Crippen LogP contribution in [0.5, 0.6) is 0 Å². The minimum absolute atomic E-state index is 0.0579. The van der Waals surface area contributed by atoms with E-state index in [-0.39, 0.29) is 23.5 Å². The van der Waals surface area contributed by atoms with E-state index in [1.54, 1.807) is 18.2 Å². The Morgan fingerprint density at radius 2 is 1.81 bits per heavy atom. The SMILES string of the molecule is C=CCN(CC(=C)c1cn(C)c(=O)n(C)c1=O)S(=O)(=O)c1ccccc1. The van der Waals surface area contributed by atoms with Crippen LogP contribution >= 0.6 is 0 Å². The molecule has 0 saturated heterocycles. The number of hydrogen-bond acceptors (Lipinski definition) is 4. The van der Waals surface area contributed by atoms with Gasteiger partial charge in [-0.05, 0) is 17.7 Å². The van der Waals surface area contributed by atoms with Crippen molar-refractivity contribution >= 4 is 15.6 Å². The van der Waals surface area contributed by atoms with Gasteiger partial charge in [-0.15, -0.1) is 6.58 Å². The van der Waals surface area contributed by atoms with Gasteiger partial charge in [-0.3, -0.25) is 9.36 Å². The summed E-state index contributed by atoms with van der Waals surface area (Å²) in [5, 5.41) is 0. The number of hydrogen-bond donors (Lipinski definition) is 0. The first-order chi connectivity index (χ1) is 12.2. The quantitative estimate of drug-likeness (QED) is 0.676. The molecule has 0 amide bonds. The lowest BCUT2D eigenvalue weighted by Crippen LogP contribution is -2.39. The molecule has 26 heavy (non-hydrogen) atoms. The fourth-order valence-electron chi connectivity index (χ4n) is 2.48. The maximum absolute atomic E-state index is 12.9. The van der Waals surface area contributed by atoms with E-state index in [2.05, 4.69) is 13.2 Å². The van der Waals surface area contributed by atoms with Crippen LogP contribution in [0.1, 0.15) is 5.56 Å². The smallest absolute Gasteiger partial charge is 0.303 e. The lowest BCUT2D eigenvalue weighted by Gasteiger charge is -2.22. The molecule has 0 atom stereocenters. The molecule has 0 unspecified atom stereocenters. The third-order valence-corrected chi connectivity index (χ3v) is 5.73. The molecular weight excluding hydrogens is 354 g/mol. The van der Waals surface area contributed by atoms with Crippen LogP contribution in [0.25, 0.3) is 5.57 Å². The van der Waals surface area contributed by atoms with E-state index in [0.29, 0.717) is 5.57 Å². The van der Waals surface area contributed by atoms with Gasteiger partial charge in [-0.1, -0.05) is 30.9 Å². The van der Waals surface area contributed by atoms with E-state index in [0.717, 1.165) is 4.57 Å². The van der Waals surface area contributed by atoms with E-state index in [1.165, 1.54) is 47.4 Å². The molecule has 0 aliphatic carbocycles. The van der Waals surface area contributed by atoms with Crippen molar-refractivity contribution in [1.82, 2.24) is 13.4 Å². The molecule has 0 radical (unpaired) electrons. The lowest BCUT2D eigenvalue weighted by molar-refractivity contribution is 0.477. The Labute approximate surface area is 152 Å². The van der Waals surface area contributed by atoms with Crippen molar-refractivity contribution in [1.29, 1.82) is 0 Å². The Morgan fingerprint density at radius 3 is 2.38 bits per heavy atom. The van der Waals surface area contributed by atoms with Gasteiger partial charge >= 0.3 is 5.69 Å². The third-order valence-electron chi connectivity index (χ3n) is 3.91. The van der Waals surface area contributed by atoms with Crippen molar-refractivity contribution in [2.24, 2.45) is 14.1 Å². The molecule has 1 aromatic carbocycles. The second-order valence-electron chi connectivity index (χ2n) is 5.80. The summed E-state index contributed by atoms with van der Waals surface area (Å²) >= 11 is 0. The first-order valence-corrected chi connectivity index (χ1v) is 9.25. The standard InChI is InChI=1S/C18H21N3O4S/c1-5-11-21(26(24,25)15-9-7-6-8-10-15)12-14(2)16-13-19(3)18(23)20(4)17(16)22/h5-10,13H,1-2,11-12H2,3-4H3. The highest BCUT2D eigenvalue weighted by Crippen LogP contribution is 2.18. The van der Waals surface area contributed by atoms with Crippen molar-refractivity contribution in [3.05, 3.63) is 82.2 Å². The summed E-state index contributed by atoms with van der Waals surface area (Å²) in [7, 11) is -0.904. The molecule has 0 spiro atoms. The minimum atomic E-state index is -3.78. The molecule has 1 aromatic heterocycles. The molecule has 0 aliphatic heterocycles. The number of sulfonamides is 1. The summed E-state index contributed by atoms with van der Waals surface area (Å²) in [5.41, 5.74) is -0.505. The van der Waals surface area contributed by atoms with E-state index in [4.69, 9.17) is 0 Å². The van der Waals surface area contributed by atoms with Gasteiger partial charge in [0.1, 0.15) is 0 Å². The molecule has 138 valence electrons. The van der Waals surface area contributed by atoms with Crippen LogP contribution in [0.4, 0.5) is 0 Å². The van der Waals surface area contributed by atoms with Crippen molar-refractivity contribution in [3.63, 3.8) is 0 Å². The molecule has 0 fully saturated rings. The molecule has 0 aliphatic rings. The molecule has 7 nitrogen and oxygen atoms in total. The second-order valence-corrected chi connectivity index (χ2v) is 7.74. The minimum Gasteiger partial charge on any atom is -0.303 e. The summed E-state index contributed by atoms with van der Waals surface area (Å²) in [6.07, 6.45) is 2.83. The zero-order valence-electron chi connectivity index (χ0n) is 14.8. The predicted octanol–water partition coefficient (Wildman–Crippen LogP) is 0.974.